The van der Waals surface area contributed by atoms with Crippen molar-refractivity contribution in [3.63, 3.8) is 0 Å². The highest BCUT2D eigenvalue weighted by Crippen LogP contribution is 2.34. The number of nitrogens with one attached hydrogen (secondary N) is 1. The molecule has 4 rings (SSSR count). The molecule has 0 amide bonds. The number of rotatable bonds is 3. The summed E-state index contributed by atoms with van der Waals surface area (Å²) in [4.78, 5) is 18.7. The summed E-state index contributed by atoms with van der Waals surface area (Å²) in [7, 11) is 3.18. The number of imidazole rings is 1. The predicted molar refractivity (Wildman–Crippen MR) is 90.4 cm³/mol. The number of anilines is 2. The Morgan fingerprint density at radius 2 is 1.96 bits per heavy atom. The Morgan fingerprint density at radius 3 is 2.75 bits per heavy atom. The van der Waals surface area contributed by atoms with Crippen LogP contribution in [0.2, 0.25) is 0 Å². The number of nitrogens with two attached hydrogens (primary N) is 1. The number of benzene rings is 1. The lowest BCUT2D eigenvalue weighted by atomic mass is 10.1. The summed E-state index contributed by atoms with van der Waals surface area (Å²) in [5, 5.41) is 0.746. The van der Waals surface area contributed by atoms with E-state index in [1.54, 1.807) is 26.6 Å². The van der Waals surface area contributed by atoms with Crippen LogP contribution in [0.1, 0.15) is 11.4 Å². The molecule has 1 aliphatic rings. The molecule has 0 fully saturated rings. The van der Waals surface area contributed by atoms with Gasteiger partial charge in [-0.25, -0.2) is 9.97 Å². The van der Waals surface area contributed by atoms with Gasteiger partial charge >= 0.3 is 0 Å². The van der Waals surface area contributed by atoms with Crippen molar-refractivity contribution in [3.8, 4) is 11.5 Å². The standard InChI is InChI=1S/C16H18N6O2/c1-23-13-5-9-11(6-14(13)24-2)20-16(21-15(9)17)22-4-3-10-12(7-22)19-8-18-10/h5-6,8H,3-4,7H2,1-2H3,(H,18,19)(H2,17,20,21). The van der Waals surface area contributed by atoms with Crippen molar-refractivity contribution in [2.24, 2.45) is 0 Å². The molecule has 24 heavy (non-hydrogen) atoms. The van der Waals surface area contributed by atoms with Crippen LogP contribution in [0, 0.1) is 0 Å². The Hall–Kier alpha value is -3.03. The van der Waals surface area contributed by atoms with Gasteiger partial charge in [0.1, 0.15) is 5.82 Å². The molecule has 8 heteroatoms. The van der Waals surface area contributed by atoms with Crippen molar-refractivity contribution < 1.29 is 9.47 Å². The second kappa shape index (κ2) is 5.55. The molecule has 3 N–H and O–H groups in total. The van der Waals surface area contributed by atoms with Crippen molar-refractivity contribution in [2.75, 3.05) is 31.4 Å². The average Bonchev–Trinajstić information content (AvgIpc) is 3.08. The summed E-state index contributed by atoms with van der Waals surface area (Å²) in [6, 6.07) is 3.62. The van der Waals surface area contributed by atoms with Crippen LogP contribution in [0.15, 0.2) is 18.5 Å². The van der Waals surface area contributed by atoms with E-state index in [1.165, 1.54) is 0 Å². The summed E-state index contributed by atoms with van der Waals surface area (Å²) < 4.78 is 10.7. The largest absolute Gasteiger partial charge is 0.493 e. The quantitative estimate of drug-likeness (QED) is 0.752. The van der Waals surface area contributed by atoms with E-state index in [1.807, 2.05) is 6.07 Å². The van der Waals surface area contributed by atoms with Gasteiger partial charge in [0.15, 0.2) is 11.5 Å². The molecule has 1 aromatic carbocycles. The number of methoxy groups -OCH3 is 2. The fourth-order valence-corrected chi connectivity index (χ4v) is 2.99. The summed E-state index contributed by atoms with van der Waals surface area (Å²) in [6.07, 6.45) is 2.58. The van der Waals surface area contributed by atoms with Crippen molar-refractivity contribution in [1.82, 2.24) is 19.9 Å². The van der Waals surface area contributed by atoms with Gasteiger partial charge in [0, 0.05) is 24.4 Å². The lowest BCUT2D eigenvalue weighted by Crippen LogP contribution is -2.32. The molecule has 0 unspecified atom stereocenters. The van der Waals surface area contributed by atoms with E-state index in [4.69, 9.17) is 15.2 Å². The van der Waals surface area contributed by atoms with E-state index in [-0.39, 0.29) is 0 Å². The molecule has 0 spiro atoms. The molecule has 3 heterocycles. The number of fused-ring (bicyclic) bond motifs is 2. The third kappa shape index (κ3) is 2.27. The van der Waals surface area contributed by atoms with Crippen LogP contribution in [0.3, 0.4) is 0 Å². The molecule has 3 aromatic rings. The molecule has 1 aliphatic heterocycles. The molecule has 2 aromatic heterocycles. The van der Waals surface area contributed by atoms with Crippen molar-refractivity contribution in [1.29, 1.82) is 0 Å². The number of ether oxygens (including phenoxy) is 2. The number of hydrogen-bond acceptors (Lipinski definition) is 7. The fraction of sp³-hybridized carbons (Fsp3) is 0.312. The van der Waals surface area contributed by atoms with Gasteiger partial charge < -0.3 is 25.1 Å². The molecular formula is C16H18N6O2. The molecular weight excluding hydrogens is 308 g/mol. The van der Waals surface area contributed by atoms with Crippen LogP contribution >= 0.6 is 0 Å². The van der Waals surface area contributed by atoms with Crippen LogP contribution < -0.4 is 20.1 Å². The zero-order valence-electron chi connectivity index (χ0n) is 13.5. The summed E-state index contributed by atoms with van der Waals surface area (Å²) in [5.41, 5.74) is 9.08. The number of hydrogen-bond donors (Lipinski definition) is 2. The molecule has 0 aliphatic carbocycles. The van der Waals surface area contributed by atoms with Gasteiger partial charge in [0.25, 0.3) is 0 Å². The van der Waals surface area contributed by atoms with E-state index in [0.717, 1.165) is 35.3 Å². The topological polar surface area (TPSA) is 102 Å². The zero-order valence-corrected chi connectivity index (χ0v) is 13.5. The second-order valence-corrected chi connectivity index (χ2v) is 5.63. The third-order valence-corrected chi connectivity index (χ3v) is 4.28. The van der Waals surface area contributed by atoms with Crippen molar-refractivity contribution in [2.45, 2.75) is 13.0 Å². The normalized spacial score (nSPS) is 13.8. The molecule has 0 bridgehead atoms. The first-order valence-corrected chi connectivity index (χ1v) is 7.65. The van der Waals surface area contributed by atoms with Gasteiger partial charge in [0.2, 0.25) is 5.95 Å². The smallest absolute Gasteiger partial charge is 0.228 e. The maximum absolute atomic E-state index is 6.16. The molecule has 0 radical (unpaired) electrons. The van der Waals surface area contributed by atoms with Crippen molar-refractivity contribution in [3.05, 3.63) is 29.8 Å². The number of aromatic amines is 1. The van der Waals surface area contributed by atoms with Gasteiger partial charge in [-0.05, 0) is 6.07 Å². The molecule has 8 nitrogen and oxygen atoms in total. The summed E-state index contributed by atoms with van der Waals surface area (Å²) in [5.74, 6) is 2.25. The maximum Gasteiger partial charge on any atom is 0.228 e. The van der Waals surface area contributed by atoms with E-state index in [0.29, 0.717) is 29.8 Å². The monoisotopic (exact) mass is 326 g/mol. The van der Waals surface area contributed by atoms with Crippen LogP contribution in [-0.2, 0) is 13.0 Å². The summed E-state index contributed by atoms with van der Waals surface area (Å²) in [6.45, 7) is 1.49. The first-order valence-electron chi connectivity index (χ1n) is 7.65. The van der Waals surface area contributed by atoms with E-state index >= 15 is 0 Å². The fourth-order valence-electron chi connectivity index (χ4n) is 2.99. The Balaban J connectivity index is 1.77. The maximum atomic E-state index is 6.16. The first kappa shape index (κ1) is 14.6. The number of nitrogen functional groups attached to an aromatic ring is 1. The highest BCUT2D eigenvalue weighted by Gasteiger charge is 2.21. The van der Waals surface area contributed by atoms with Crippen molar-refractivity contribution >= 4 is 22.7 Å². The van der Waals surface area contributed by atoms with Crippen LogP contribution in [0.25, 0.3) is 10.9 Å². The van der Waals surface area contributed by atoms with Gasteiger partial charge in [0.05, 0.1) is 44.0 Å². The average molecular weight is 326 g/mol. The highest BCUT2D eigenvalue weighted by molar-refractivity contribution is 5.91. The van der Waals surface area contributed by atoms with Gasteiger partial charge in [-0.2, -0.15) is 4.98 Å². The van der Waals surface area contributed by atoms with Gasteiger partial charge in [-0.15, -0.1) is 0 Å². The Morgan fingerprint density at radius 1 is 1.17 bits per heavy atom. The minimum absolute atomic E-state index is 0.423. The lowest BCUT2D eigenvalue weighted by Gasteiger charge is -2.26. The minimum atomic E-state index is 0.423. The molecule has 124 valence electrons. The Labute approximate surface area is 138 Å². The minimum Gasteiger partial charge on any atom is -0.493 e. The van der Waals surface area contributed by atoms with E-state index in [2.05, 4.69) is 24.8 Å². The van der Waals surface area contributed by atoms with E-state index < -0.39 is 0 Å². The Bertz CT molecular complexity index is 907. The number of H-pyrrole nitrogens is 1. The second-order valence-electron chi connectivity index (χ2n) is 5.63. The number of aromatic nitrogens is 4. The van der Waals surface area contributed by atoms with Crippen LogP contribution in [-0.4, -0.2) is 40.7 Å². The van der Waals surface area contributed by atoms with Gasteiger partial charge in [-0.3, -0.25) is 0 Å². The molecule has 0 saturated carbocycles. The third-order valence-electron chi connectivity index (χ3n) is 4.28. The Kier molecular flexibility index (Phi) is 3.37. The van der Waals surface area contributed by atoms with Gasteiger partial charge in [-0.1, -0.05) is 0 Å². The zero-order chi connectivity index (χ0) is 16.7. The highest BCUT2D eigenvalue weighted by atomic mass is 16.5. The number of nitrogens with zero attached hydrogens (tertiary/aromatic N) is 4. The first-order chi connectivity index (χ1) is 11.7. The summed E-state index contributed by atoms with van der Waals surface area (Å²) >= 11 is 0. The molecule has 0 atom stereocenters. The van der Waals surface area contributed by atoms with Crippen LogP contribution in [0.5, 0.6) is 11.5 Å². The lowest BCUT2D eigenvalue weighted by molar-refractivity contribution is 0.356. The predicted octanol–water partition coefficient (Wildman–Crippen LogP) is 1.51. The van der Waals surface area contributed by atoms with E-state index in [9.17, 15) is 0 Å². The van der Waals surface area contributed by atoms with Crippen LogP contribution in [0.4, 0.5) is 11.8 Å². The SMILES string of the molecule is COc1cc2nc(N3CCc4nc[nH]c4C3)nc(N)c2cc1OC. The molecule has 0 saturated heterocycles.